The first-order valence-corrected chi connectivity index (χ1v) is 11.3. The maximum atomic E-state index is 12.0. The molecule has 0 saturated heterocycles. The zero-order chi connectivity index (χ0) is 21.8. The van der Waals surface area contributed by atoms with Gasteiger partial charge in [-0.3, -0.25) is 4.79 Å². The van der Waals surface area contributed by atoms with Crippen LogP contribution in [-0.4, -0.2) is 25.3 Å². The van der Waals surface area contributed by atoms with Gasteiger partial charge >= 0.3 is 0 Å². The summed E-state index contributed by atoms with van der Waals surface area (Å²) in [5.41, 5.74) is 4.42. The molecule has 6 heteroatoms. The summed E-state index contributed by atoms with van der Waals surface area (Å²) >= 11 is 3.46. The third-order valence-corrected chi connectivity index (χ3v) is 5.00. The summed E-state index contributed by atoms with van der Waals surface area (Å²) in [6, 6.07) is 13.4. The van der Waals surface area contributed by atoms with Crippen LogP contribution >= 0.6 is 15.9 Å². The van der Waals surface area contributed by atoms with Crippen molar-refractivity contribution in [2.24, 2.45) is 5.10 Å². The molecule has 0 aliphatic heterocycles. The number of rotatable bonds is 12. The molecule has 0 aromatic heterocycles. The number of nitrogens with one attached hydrogen (secondary N) is 1. The van der Waals surface area contributed by atoms with Crippen LogP contribution in [-0.2, 0) is 4.79 Å². The van der Waals surface area contributed by atoms with Gasteiger partial charge in [0.15, 0.2) is 6.61 Å². The van der Waals surface area contributed by atoms with E-state index in [-0.39, 0.29) is 12.5 Å². The quantitative estimate of drug-likeness (QED) is 0.231. The van der Waals surface area contributed by atoms with Crippen molar-refractivity contribution in [2.75, 3.05) is 13.2 Å². The average molecular weight is 475 g/mol. The van der Waals surface area contributed by atoms with E-state index in [1.165, 1.54) is 19.3 Å². The molecule has 2 rings (SSSR count). The Balaban J connectivity index is 1.75. The molecule has 1 N–H and O–H groups in total. The van der Waals surface area contributed by atoms with Gasteiger partial charge in [0.05, 0.1) is 12.8 Å². The molecular formula is C24H31BrN2O3. The first-order valence-electron chi connectivity index (χ1n) is 10.5. The number of unbranched alkanes of at least 4 members (excludes halogenated alkanes) is 3. The molecule has 2 aromatic rings. The number of nitrogens with zero attached hydrogens (tertiary/aromatic N) is 1. The molecular weight excluding hydrogens is 444 g/mol. The van der Waals surface area contributed by atoms with Crippen LogP contribution in [0.1, 0.15) is 63.5 Å². The molecule has 0 aliphatic carbocycles. The Labute approximate surface area is 188 Å². The second-order valence-corrected chi connectivity index (χ2v) is 8.31. The van der Waals surface area contributed by atoms with Crippen molar-refractivity contribution in [1.29, 1.82) is 0 Å². The van der Waals surface area contributed by atoms with Gasteiger partial charge in [-0.15, -0.1) is 0 Å². The Bertz CT molecular complexity index is 820. The van der Waals surface area contributed by atoms with Crippen molar-refractivity contribution in [3.05, 3.63) is 58.1 Å². The topological polar surface area (TPSA) is 59.9 Å². The highest BCUT2D eigenvalue weighted by molar-refractivity contribution is 9.10. The van der Waals surface area contributed by atoms with Crippen molar-refractivity contribution in [2.45, 2.75) is 52.4 Å². The van der Waals surface area contributed by atoms with E-state index in [1.807, 2.05) is 42.5 Å². The van der Waals surface area contributed by atoms with Gasteiger partial charge in [0.1, 0.15) is 11.5 Å². The molecule has 0 spiro atoms. The predicted octanol–water partition coefficient (Wildman–Crippen LogP) is 6.06. The molecule has 30 heavy (non-hydrogen) atoms. The van der Waals surface area contributed by atoms with Crippen LogP contribution in [0.4, 0.5) is 0 Å². The fourth-order valence-corrected chi connectivity index (χ4v) is 3.20. The fraction of sp³-hybridized carbons (Fsp3) is 0.417. The van der Waals surface area contributed by atoms with Crippen molar-refractivity contribution in [3.63, 3.8) is 0 Å². The van der Waals surface area contributed by atoms with E-state index in [2.05, 4.69) is 47.2 Å². The van der Waals surface area contributed by atoms with E-state index in [0.29, 0.717) is 11.7 Å². The molecule has 0 fully saturated rings. The third-order valence-electron chi connectivity index (χ3n) is 4.50. The van der Waals surface area contributed by atoms with Crippen molar-refractivity contribution >= 4 is 28.1 Å². The Morgan fingerprint density at radius 3 is 2.57 bits per heavy atom. The number of ether oxygens (including phenoxy) is 2. The van der Waals surface area contributed by atoms with Crippen LogP contribution in [0.5, 0.6) is 11.5 Å². The van der Waals surface area contributed by atoms with Gasteiger partial charge in [0.2, 0.25) is 0 Å². The lowest BCUT2D eigenvalue weighted by Crippen LogP contribution is -2.24. The number of amides is 1. The zero-order valence-electron chi connectivity index (χ0n) is 18.0. The van der Waals surface area contributed by atoms with E-state index in [4.69, 9.17) is 9.47 Å². The number of halogens is 1. The number of benzene rings is 2. The normalized spacial score (nSPS) is 11.1. The SMILES string of the molecule is CCCCCCOc1ccc(/C=N/NC(=O)COc2ccc(Br)cc2C(C)C)cc1. The molecule has 0 atom stereocenters. The summed E-state index contributed by atoms with van der Waals surface area (Å²) in [5, 5.41) is 4.00. The van der Waals surface area contributed by atoms with Gasteiger partial charge in [0, 0.05) is 4.47 Å². The number of carbonyl (C=O) groups is 1. The van der Waals surface area contributed by atoms with Gasteiger partial charge in [0.25, 0.3) is 5.91 Å². The first kappa shape index (κ1) is 23.9. The van der Waals surface area contributed by atoms with Gasteiger partial charge in [-0.2, -0.15) is 5.10 Å². The van der Waals surface area contributed by atoms with E-state index in [9.17, 15) is 4.79 Å². The standard InChI is InChI=1S/C24H31BrN2O3/c1-4-5-6-7-14-29-21-11-8-19(9-12-21)16-26-27-24(28)17-30-23-13-10-20(25)15-22(23)18(2)3/h8-13,15-16,18H,4-7,14,17H2,1-3H3,(H,27,28)/b26-16+. The van der Waals surface area contributed by atoms with Crippen LogP contribution in [0.2, 0.25) is 0 Å². The molecule has 0 bridgehead atoms. The number of hydrazone groups is 1. The van der Waals surface area contributed by atoms with Gasteiger partial charge < -0.3 is 9.47 Å². The van der Waals surface area contributed by atoms with Crippen molar-refractivity contribution in [1.82, 2.24) is 5.43 Å². The van der Waals surface area contributed by atoms with E-state index < -0.39 is 0 Å². The van der Waals surface area contributed by atoms with Crippen LogP contribution in [0.15, 0.2) is 52.0 Å². The molecule has 0 radical (unpaired) electrons. The van der Waals surface area contributed by atoms with E-state index in [1.54, 1.807) is 6.21 Å². The van der Waals surface area contributed by atoms with Gasteiger partial charge in [-0.05, 0) is 65.9 Å². The molecule has 0 aliphatic rings. The zero-order valence-corrected chi connectivity index (χ0v) is 19.6. The maximum Gasteiger partial charge on any atom is 0.277 e. The highest BCUT2D eigenvalue weighted by Crippen LogP contribution is 2.29. The highest BCUT2D eigenvalue weighted by atomic mass is 79.9. The lowest BCUT2D eigenvalue weighted by molar-refractivity contribution is -0.123. The Morgan fingerprint density at radius 1 is 1.10 bits per heavy atom. The summed E-state index contributed by atoms with van der Waals surface area (Å²) in [6.07, 6.45) is 6.34. The Hall–Kier alpha value is -2.34. The van der Waals surface area contributed by atoms with Crippen LogP contribution < -0.4 is 14.9 Å². The lowest BCUT2D eigenvalue weighted by Gasteiger charge is -2.13. The Kier molecular flexibility index (Phi) is 10.4. The number of hydrogen-bond donors (Lipinski definition) is 1. The van der Waals surface area contributed by atoms with Crippen molar-refractivity contribution in [3.8, 4) is 11.5 Å². The van der Waals surface area contributed by atoms with E-state index >= 15 is 0 Å². The minimum absolute atomic E-state index is 0.0937. The second kappa shape index (κ2) is 13.1. The lowest BCUT2D eigenvalue weighted by atomic mass is 10.0. The summed E-state index contributed by atoms with van der Waals surface area (Å²) in [6.45, 7) is 7.01. The predicted molar refractivity (Wildman–Crippen MR) is 126 cm³/mol. The summed E-state index contributed by atoms with van der Waals surface area (Å²) < 4.78 is 12.4. The molecule has 1 amide bonds. The molecule has 0 unspecified atom stereocenters. The third kappa shape index (κ3) is 8.57. The largest absolute Gasteiger partial charge is 0.494 e. The smallest absolute Gasteiger partial charge is 0.277 e. The molecule has 0 saturated carbocycles. The highest BCUT2D eigenvalue weighted by Gasteiger charge is 2.10. The Morgan fingerprint density at radius 2 is 1.87 bits per heavy atom. The molecule has 162 valence electrons. The van der Waals surface area contributed by atoms with Crippen LogP contribution in [0.3, 0.4) is 0 Å². The summed E-state index contributed by atoms with van der Waals surface area (Å²) in [7, 11) is 0. The second-order valence-electron chi connectivity index (χ2n) is 7.40. The fourth-order valence-electron chi connectivity index (χ4n) is 2.83. The maximum absolute atomic E-state index is 12.0. The molecule has 2 aromatic carbocycles. The van der Waals surface area contributed by atoms with Crippen LogP contribution in [0.25, 0.3) is 0 Å². The number of hydrogen-bond acceptors (Lipinski definition) is 4. The van der Waals surface area contributed by atoms with E-state index in [0.717, 1.165) is 34.4 Å². The van der Waals surface area contributed by atoms with Crippen LogP contribution in [0, 0.1) is 0 Å². The number of carbonyl (C=O) groups excluding carboxylic acids is 1. The summed E-state index contributed by atoms with van der Waals surface area (Å²) in [4.78, 5) is 12.0. The minimum Gasteiger partial charge on any atom is -0.494 e. The summed E-state index contributed by atoms with van der Waals surface area (Å²) in [5.74, 6) is 1.53. The van der Waals surface area contributed by atoms with Crippen molar-refractivity contribution < 1.29 is 14.3 Å². The minimum atomic E-state index is -0.309. The molecule has 0 heterocycles. The monoisotopic (exact) mass is 474 g/mol. The average Bonchev–Trinajstić information content (AvgIpc) is 2.73. The first-order chi connectivity index (χ1) is 14.5. The van der Waals surface area contributed by atoms with Gasteiger partial charge in [-0.25, -0.2) is 5.43 Å². The van der Waals surface area contributed by atoms with Gasteiger partial charge in [-0.1, -0.05) is 56.0 Å². The molecule has 5 nitrogen and oxygen atoms in total.